The van der Waals surface area contributed by atoms with Crippen LogP contribution < -0.4 is 5.43 Å². The molecular weight excluding hydrogens is 298 g/mol. The Hall–Kier alpha value is -2.15. The number of hydrogen-bond acceptors (Lipinski definition) is 3. The van der Waals surface area contributed by atoms with Gasteiger partial charge in [0, 0.05) is 5.02 Å². The number of aromatic nitrogens is 1. The van der Waals surface area contributed by atoms with Crippen molar-refractivity contribution >= 4 is 23.5 Å². The highest BCUT2D eigenvalue weighted by Gasteiger charge is 2.20. The molecule has 2 aromatic rings. The van der Waals surface area contributed by atoms with Gasteiger partial charge in [0.1, 0.15) is 5.69 Å². The van der Waals surface area contributed by atoms with Crippen molar-refractivity contribution in [3.8, 4) is 0 Å². The minimum absolute atomic E-state index is 0.437. The summed E-state index contributed by atoms with van der Waals surface area (Å²) in [6.45, 7) is 0. The summed E-state index contributed by atoms with van der Waals surface area (Å²) in [7, 11) is 0. The first-order valence-corrected chi connectivity index (χ1v) is 5.61. The van der Waals surface area contributed by atoms with Crippen molar-refractivity contribution < 1.29 is 17.6 Å². The van der Waals surface area contributed by atoms with E-state index >= 15 is 0 Å². The minimum atomic E-state index is -1.76. The topological polar surface area (TPSA) is 37.3 Å². The Kier molecular flexibility index (Phi) is 4.19. The lowest BCUT2D eigenvalue weighted by Gasteiger charge is -2.04. The maximum Gasteiger partial charge on any atom is 0.254 e. The molecule has 0 amide bonds. The molecule has 0 aliphatic rings. The SMILES string of the molecule is Fc1nc(F)c(F)c(N/N=C/c2cccc(Cl)c2)c1F. The van der Waals surface area contributed by atoms with E-state index < -0.39 is 29.2 Å². The van der Waals surface area contributed by atoms with Gasteiger partial charge in [0.25, 0.3) is 11.9 Å². The Morgan fingerprint density at radius 1 is 1.10 bits per heavy atom. The Morgan fingerprint density at radius 3 is 2.35 bits per heavy atom. The van der Waals surface area contributed by atoms with Crippen LogP contribution in [-0.4, -0.2) is 11.2 Å². The monoisotopic (exact) mass is 303 g/mol. The van der Waals surface area contributed by atoms with Crippen molar-refractivity contribution in [3.05, 3.63) is 58.4 Å². The lowest BCUT2D eigenvalue weighted by molar-refractivity contribution is 0.411. The number of anilines is 1. The van der Waals surface area contributed by atoms with E-state index in [2.05, 4.69) is 10.1 Å². The van der Waals surface area contributed by atoms with E-state index in [0.29, 0.717) is 10.6 Å². The van der Waals surface area contributed by atoms with Crippen molar-refractivity contribution in [2.45, 2.75) is 0 Å². The summed E-state index contributed by atoms with van der Waals surface area (Å²) in [5.41, 5.74) is 1.35. The van der Waals surface area contributed by atoms with Crippen molar-refractivity contribution in [2.24, 2.45) is 5.10 Å². The molecule has 0 saturated carbocycles. The third kappa shape index (κ3) is 3.05. The van der Waals surface area contributed by atoms with Crippen molar-refractivity contribution in [1.82, 2.24) is 4.98 Å². The van der Waals surface area contributed by atoms with E-state index in [9.17, 15) is 17.6 Å². The summed E-state index contributed by atoms with van der Waals surface area (Å²) in [5.74, 6) is -6.84. The number of hydrazone groups is 1. The third-order valence-corrected chi connectivity index (χ3v) is 2.47. The molecule has 1 aromatic carbocycles. The van der Waals surface area contributed by atoms with Crippen LogP contribution in [0.25, 0.3) is 0 Å². The van der Waals surface area contributed by atoms with Gasteiger partial charge in [0.05, 0.1) is 6.21 Å². The molecule has 0 aliphatic carbocycles. The van der Waals surface area contributed by atoms with Crippen LogP contribution in [0.4, 0.5) is 23.2 Å². The number of pyridine rings is 1. The second kappa shape index (κ2) is 5.87. The summed E-state index contributed by atoms with van der Waals surface area (Å²) < 4.78 is 52.1. The summed E-state index contributed by atoms with van der Waals surface area (Å²) in [6, 6.07) is 6.42. The molecule has 0 unspecified atom stereocenters. The number of halogens is 5. The van der Waals surface area contributed by atoms with Gasteiger partial charge in [-0.3, -0.25) is 5.43 Å². The van der Waals surface area contributed by atoms with Crippen LogP contribution >= 0.6 is 11.6 Å². The van der Waals surface area contributed by atoms with E-state index in [1.807, 2.05) is 5.43 Å². The van der Waals surface area contributed by atoms with Crippen LogP contribution in [0.2, 0.25) is 5.02 Å². The largest absolute Gasteiger partial charge is 0.272 e. The second-order valence-corrected chi connectivity index (χ2v) is 4.06. The molecule has 1 heterocycles. The number of hydrogen-bond donors (Lipinski definition) is 1. The quantitative estimate of drug-likeness (QED) is 0.406. The van der Waals surface area contributed by atoms with Crippen molar-refractivity contribution in [1.29, 1.82) is 0 Å². The number of nitrogens with zero attached hydrogens (tertiary/aromatic N) is 2. The Bertz CT molecular complexity index is 650. The molecule has 0 radical (unpaired) electrons. The van der Waals surface area contributed by atoms with Gasteiger partial charge < -0.3 is 0 Å². The van der Waals surface area contributed by atoms with E-state index in [4.69, 9.17) is 11.6 Å². The lowest BCUT2D eigenvalue weighted by Crippen LogP contribution is -2.05. The smallest absolute Gasteiger partial charge is 0.254 e. The Balaban J connectivity index is 2.23. The van der Waals surface area contributed by atoms with E-state index in [-0.39, 0.29) is 0 Å². The zero-order chi connectivity index (χ0) is 14.7. The Morgan fingerprint density at radius 2 is 1.75 bits per heavy atom. The van der Waals surface area contributed by atoms with Crippen molar-refractivity contribution in [2.75, 3.05) is 5.43 Å². The fourth-order valence-corrected chi connectivity index (χ4v) is 1.54. The molecule has 8 heteroatoms. The molecule has 0 atom stereocenters. The van der Waals surface area contributed by atoms with Gasteiger partial charge in [-0.25, -0.2) is 0 Å². The van der Waals surface area contributed by atoms with Gasteiger partial charge in [-0.15, -0.1) is 0 Å². The molecule has 0 bridgehead atoms. The van der Waals surface area contributed by atoms with Gasteiger partial charge >= 0.3 is 0 Å². The summed E-state index contributed by atoms with van der Waals surface area (Å²) in [4.78, 5) is 2.42. The zero-order valence-electron chi connectivity index (χ0n) is 9.67. The number of nitrogens with one attached hydrogen (secondary N) is 1. The van der Waals surface area contributed by atoms with Gasteiger partial charge in [-0.05, 0) is 17.7 Å². The lowest BCUT2D eigenvalue weighted by atomic mass is 10.2. The highest BCUT2D eigenvalue weighted by Crippen LogP contribution is 2.21. The molecule has 104 valence electrons. The molecule has 0 spiro atoms. The van der Waals surface area contributed by atoms with Gasteiger partial charge in [-0.2, -0.15) is 27.6 Å². The van der Waals surface area contributed by atoms with Crippen LogP contribution in [0.5, 0.6) is 0 Å². The zero-order valence-corrected chi connectivity index (χ0v) is 10.4. The average Bonchev–Trinajstić information content (AvgIpc) is 2.40. The molecule has 0 saturated heterocycles. The van der Waals surface area contributed by atoms with Crippen LogP contribution in [0, 0.1) is 23.5 Å². The van der Waals surface area contributed by atoms with E-state index in [1.54, 1.807) is 18.2 Å². The maximum atomic E-state index is 13.2. The molecule has 2 rings (SSSR count). The first kappa shape index (κ1) is 14.3. The molecule has 0 fully saturated rings. The molecule has 1 N–H and O–H groups in total. The molecule has 0 aliphatic heterocycles. The highest BCUT2D eigenvalue weighted by molar-refractivity contribution is 6.30. The van der Waals surface area contributed by atoms with Crippen LogP contribution in [0.3, 0.4) is 0 Å². The minimum Gasteiger partial charge on any atom is -0.272 e. The standard InChI is InChI=1S/C12H6ClF4N3/c13-7-3-1-2-6(4-7)5-18-20-10-8(14)11(16)19-12(17)9(10)15/h1-5H,(H,19,20)/b18-5+. The number of rotatable bonds is 3. The predicted molar refractivity (Wildman–Crippen MR) is 66.7 cm³/mol. The maximum absolute atomic E-state index is 13.2. The molecular formula is C12H6ClF4N3. The summed E-state index contributed by atoms with van der Waals surface area (Å²) in [6.07, 6.45) is 1.18. The number of benzene rings is 1. The normalized spacial score (nSPS) is 11.1. The summed E-state index contributed by atoms with van der Waals surface area (Å²) in [5, 5.41) is 3.92. The van der Waals surface area contributed by atoms with E-state index in [1.165, 1.54) is 12.3 Å². The van der Waals surface area contributed by atoms with Gasteiger partial charge in [0.15, 0.2) is 0 Å². The van der Waals surface area contributed by atoms with Crippen molar-refractivity contribution in [3.63, 3.8) is 0 Å². The highest BCUT2D eigenvalue weighted by atomic mass is 35.5. The first-order chi connectivity index (χ1) is 9.49. The van der Waals surface area contributed by atoms with Crippen LogP contribution in [0.1, 0.15) is 5.56 Å². The van der Waals surface area contributed by atoms with E-state index in [0.717, 1.165) is 0 Å². The average molecular weight is 304 g/mol. The second-order valence-electron chi connectivity index (χ2n) is 3.62. The van der Waals surface area contributed by atoms with Crippen LogP contribution in [-0.2, 0) is 0 Å². The van der Waals surface area contributed by atoms with Crippen LogP contribution in [0.15, 0.2) is 29.4 Å². The first-order valence-electron chi connectivity index (χ1n) is 5.23. The fraction of sp³-hybridized carbons (Fsp3) is 0. The molecule has 3 nitrogen and oxygen atoms in total. The molecule has 1 aromatic heterocycles. The van der Waals surface area contributed by atoms with Gasteiger partial charge in [0.2, 0.25) is 11.6 Å². The Labute approximate surface area is 115 Å². The fourth-order valence-electron chi connectivity index (χ4n) is 1.34. The third-order valence-electron chi connectivity index (χ3n) is 2.24. The summed E-state index contributed by atoms with van der Waals surface area (Å²) >= 11 is 5.72. The predicted octanol–water partition coefficient (Wildman–Crippen LogP) is 3.74. The molecule has 20 heavy (non-hydrogen) atoms. The van der Waals surface area contributed by atoms with Gasteiger partial charge in [-0.1, -0.05) is 23.7 Å².